The summed E-state index contributed by atoms with van der Waals surface area (Å²) in [5.41, 5.74) is -1.12. The number of nitrogens with zero attached hydrogens (tertiary/aromatic N) is 4. The molecule has 0 saturated carbocycles. The van der Waals surface area contributed by atoms with E-state index in [0.717, 1.165) is 29.7 Å². The first kappa shape index (κ1) is 23.0. The number of benzene rings is 1. The first-order chi connectivity index (χ1) is 14.5. The Hall–Kier alpha value is -2.68. The van der Waals surface area contributed by atoms with Crippen molar-refractivity contribution in [2.45, 2.75) is 45.3 Å². The Bertz CT molecular complexity index is 1040. The van der Waals surface area contributed by atoms with Crippen LogP contribution in [-0.2, 0) is 4.74 Å². The quantitative estimate of drug-likeness (QED) is 0.701. The Morgan fingerprint density at radius 2 is 2.00 bits per heavy atom. The molecule has 1 aromatic carbocycles. The van der Waals surface area contributed by atoms with E-state index >= 15 is 0 Å². The van der Waals surface area contributed by atoms with Crippen LogP contribution in [0.15, 0.2) is 29.2 Å². The zero-order valence-electron chi connectivity index (χ0n) is 17.9. The smallest absolute Gasteiger partial charge is 0.410 e. The van der Waals surface area contributed by atoms with Crippen LogP contribution >= 0.6 is 11.6 Å². The molecule has 2 aromatic rings. The molecule has 1 amide bonds. The number of rotatable bonds is 3. The number of carbonyl (C=O) groups is 1. The summed E-state index contributed by atoms with van der Waals surface area (Å²) in [6, 6.07) is 2.70. The van der Waals surface area contributed by atoms with Crippen LogP contribution in [0.4, 0.5) is 19.3 Å². The minimum Gasteiger partial charge on any atom is -0.444 e. The van der Waals surface area contributed by atoms with Gasteiger partial charge in [-0.3, -0.25) is 4.79 Å². The Morgan fingerprint density at radius 1 is 1.29 bits per heavy atom. The highest BCUT2D eigenvalue weighted by Gasteiger charge is 2.30. The number of ether oxygens (including phenoxy) is 1. The zero-order chi connectivity index (χ0) is 22.9. The molecule has 1 aromatic heterocycles. The molecule has 1 fully saturated rings. The van der Waals surface area contributed by atoms with Crippen molar-refractivity contribution < 1.29 is 18.3 Å². The van der Waals surface area contributed by atoms with Crippen molar-refractivity contribution in [1.82, 2.24) is 14.7 Å². The van der Waals surface area contributed by atoms with E-state index in [1.54, 1.807) is 32.7 Å². The van der Waals surface area contributed by atoms with Gasteiger partial charge < -0.3 is 14.5 Å². The van der Waals surface area contributed by atoms with Crippen molar-refractivity contribution >= 4 is 23.4 Å². The normalized spacial score (nSPS) is 16.9. The number of halogens is 3. The maximum absolute atomic E-state index is 14.1. The van der Waals surface area contributed by atoms with Crippen molar-refractivity contribution in [2.75, 3.05) is 25.0 Å². The molecule has 0 bridgehead atoms. The molecule has 0 radical (unpaired) electrons. The summed E-state index contributed by atoms with van der Waals surface area (Å²) in [5.74, 6) is -1.68. The topological polar surface area (TPSA) is 67.7 Å². The second-order valence-corrected chi connectivity index (χ2v) is 8.87. The molecule has 2 heterocycles. The van der Waals surface area contributed by atoms with Gasteiger partial charge in [-0.25, -0.2) is 13.6 Å². The van der Waals surface area contributed by atoms with E-state index in [1.165, 1.54) is 6.20 Å². The molecule has 31 heavy (non-hydrogen) atoms. The van der Waals surface area contributed by atoms with Crippen molar-refractivity contribution in [1.29, 1.82) is 0 Å². The molecule has 0 unspecified atom stereocenters. The molecule has 7 nitrogen and oxygen atoms in total. The number of amides is 1. The third kappa shape index (κ3) is 5.15. The lowest BCUT2D eigenvalue weighted by molar-refractivity contribution is 0.0210. The van der Waals surface area contributed by atoms with Gasteiger partial charge >= 0.3 is 6.09 Å². The fraction of sp³-hybridized carbons (Fsp3) is 0.476. The SMILES string of the molecule is CN(C(=O)OC(C)(C)C)[C@H]1CCCN(c2cnn(-c3ccc(F)cc3F)c(=O)c2Cl)C1. The van der Waals surface area contributed by atoms with Gasteiger partial charge in [-0.2, -0.15) is 9.78 Å². The fourth-order valence-corrected chi connectivity index (χ4v) is 3.69. The van der Waals surface area contributed by atoms with Crippen LogP contribution in [0, 0.1) is 11.6 Å². The number of likely N-dealkylation sites (N-methyl/N-ethyl adjacent to an activating group) is 1. The molecule has 168 valence electrons. The van der Waals surface area contributed by atoms with Crippen molar-refractivity contribution in [3.63, 3.8) is 0 Å². The number of carbonyl (C=O) groups excluding carboxylic acids is 1. The highest BCUT2D eigenvalue weighted by atomic mass is 35.5. The standard InChI is InChI=1S/C21H25ClF2N4O3/c1-21(2,3)31-20(30)26(4)14-6-5-9-27(12-14)17-11-25-28(19(29)18(17)22)16-8-7-13(23)10-15(16)24/h7-8,10-11,14H,5-6,9,12H2,1-4H3/t14-/m0/s1. The Labute approximate surface area is 184 Å². The van der Waals surface area contributed by atoms with E-state index in [0.29, 0.717) is 24.8 Å². The van der Waals surface area contributed by atoms with Crippen LogP contribution in [0.1, 0.15) is 33.6 Å². The number of anilines is 1. The summed E-state index contributed by atoms with van der Waals surface area (Å²) in [6.07, 6.45) is 2.49. The third-order valence-electron chi connectivity index (χ3n) is 5.00. The first-order valence-corrected chi connectivity index (χ1v) is 10.3. The average molecular weight is 455 g/mol. The molecule has 0 N–H and O–H groups in total. The van der Waals surface area contributed by atoms with Crippen molar-refractivity contribution in [3.05, 3.63) is 51.4 Å². The molecule has 1 aliphatic heterocycles. The van der Waals surface area contributed by atoms with E-state index in [4.69, 9.17) is 16.3 Å². The minimum absolute atomic E-state index is 0.126. The van der Waals surface area contributed by atoms with Crippen LogP contribution < -0.4 is 10.5 Å². The Kier molecular flexibility index (Phi) is 6.54. The van der Waals surface area contributed by atoms with Gasteiger partial charge in [0.15, 0.2) is 5.82 Å². The lowest BCUT2D eigenvalue weighted by atomic mass is 10.0. The van der Waals surface area contributed by atoms with Gasteiger partial charge in [0.05, 0.1) is 17.9 Å². The summed E-state index contributed by atoms with van der Waals surface area (Å²) in [6.45, 7) is 6.46. The molecule has 3 rings (SSSR count). The molecule has 1 saturated heterocycles. The summed E-state index contributed by atoms with van der Waals surface area (Å²) in [4.78, 5) is 28.6. The van der Waals surface area contributed by atoms with Crippen LogP contribution in [0.5, 0.6) is 0 Å². The minimum atomic E-state index is -0.921. The predicted octanol–water partition coefficient (Wildman–Crippen LogP) is 4.00. The van der Waals surface area contributed by atoms with Gasteiger partial charge in [0.25, 0.3) is 5.56 Å². The van der Waals surface area contributed by atoms with E-state index in [9.17, 15) is 18.4 Å². The number of hydrogen-bond donors (Lipinski definition) is 0. The predicted molar refractivity (Wildman–Crippen MR) is 114 cm³/mol. The molecule has 0 aliphatic carbocycles. The van der Waals surface area contributed by atoms with E-state index < -0.39 is 28.9 Å². The number of hydrogen-bond acceptors (Lipinski definition) is 5. The van der Waals surface area contributed by atoms with Gasteiger partial charge in [-0.15, -0.1) is 0 Å². The Balaban J connectivity index is 1.83. The maximum atomic E-state index is 14.1. The molecular formula is C21H25ClF2N4O3. The van der Waals surface area contributed by atoms with Crippen molar-refractivity contribution in [3.8, 4) is 5.69 Å². The van der Waals surface area contributed by atoms with Crippen LogP contribution in [-0.4, -0.2) is 52.6 Å². The summed E-state index contributed by atoms with van der Waals surface area (Å²) in [7, 11) is 1.68. The highest BCUT2D eigenvalue weighted by molar-refractivity contribution is 6.33. The fourth-order valence-electron chi connectivity index (χ4n) is 3.44. The van der Waals surface area contributed by atoms with Gasteiger partial charge in [-0.1, -0.05) is 11.6 Å². The summed E-state index contributed by atoms with van der Waals surface area (Å²) in [5, 5.41) is 3.91. The maximum Gasteiger partial charge on any atom is 0.410 e. The lowest BCUT2D eigenvalue weighted by Gasteiger charge is -2.39. The largest absolute Gasteiger partial charge is 0.444 e. The van der Waals surface area contributed by atoms with E-state index in [-0.39, 0.29) is 16.8 Å². The monoisotopic (exact) mass is 454 g/mol. The van der Waals surface area contributed by atoms with E-state index in [1.807, 2.05) is 4.90 Å². The molecule has 1 atom stereocenters. The number of aromatic nitrogens is 2. The lowest BCUT2D eigenvalue weighted by Crippen LogP contribution is -2.50. The summed E-state index contributed by atoms with van der Waals surface area (Å²) >= 11 is 6.33. The van der Waals surface area contributed by atoms with Crippen LogP contribution in [0.25, 0.3) is 5.69 Å². The molecular weight excluding hydrogens is 430 g/mol. The zero-order valence-corrected chi connectivity index (χ0v) is 18.6. The Morgan fingerprint density at radius 3 is 2.65 bits per heavy atom. The van der Waals surface area contributed by atoms with Gasteiger partial charge in [0, 0.05) is 26.2 Å². The van der Waals surface area contributed by atoms with E-state index in [2.05, 4.69) is 5.10 Å². The van der Waals surface area contributed by atoms with Gasteiger partial charge in [-0.05, 0) is 45.7 Å². The average Bonchev–Trinajstić information content (AvgIpc) is 2.69. The van der Waals surface area contributed by atoms with Crippen molar-refractivity contribution in [2.24, 2.45) is 0 Å². The number of piperidine rings is 1. The molecule has 10 heteroatoms. The second kappa shape index (κ2) is 8.82. The molecule has 0 spiro atoms. The van der Waals surface area contributed by atoms with Crippen LogP contribution in [0.2, 0.25) is 5.02 Å². The summed E-state index contributed by atoms with van der Waals surface area (Å²) < 4.78 is 33.5. The van der Waals surface area contributed by atoms with Crippen LogP contribution in [0.3, 0.4) is 0 Å². The third-order valence-corrected chi connectivity index (χ3v) is 5.36. The second-order valence-electron chi connectivity index (χ2n) is 8.49. The van der Waals surface area contributed by atoms with Gasteiger partial charge in [0.1, 0.15) is 22.1 Å². The van der Waals surface area contributed by atoms with Gasteiger partial charge in [0.2, 0.25) is 0 Å². The first-order valence-electron chi connectivity index (χ1n) is 9.92. The molecule has 1 aliphatic rings. The highest BCUT2D eigenvalue weighted by Crippen LogP contribution is 2.27.